The maximum absolute atomic E-state index is 13.3. The maximum Gasteiger partial charge on any atom is 0.191 e. The van der Waals surface area contributed by atoms with Crippen LogP contribution in [0, 0.1) is 5.82 Å². The molecule has 0 bridgehead atoms. The van der Waals surface area contributed by atoms with Crippen molar-refractivity contribution in [2.45, 2.75) is 24.7 Å². The summed E-state index contributed by atoms with van der Waals surface area (Å²) in [6, 6.07) is 4.78. The minimum absolute atomic E-state index is 0.0974. The van der Waals surface area contributed by atoms with Crippen LogP contribution in [-0.2, 0) is 11.8 Å². The van der Waals surface area contributed by atoms with E-state index in [0.29, 0.717) is 17.8 Å². The lowest BCUT2D eigenvalue weighted by atomic mass is 9.92. The highest BCUT2D eigenvalue weighted by Gasteiger charge is 2.45. The molecule has 3 rings (SSSR count). The Kier molecular flexibility index (Phi) is 3.93. The minimum Gasteiger partial charge on any atom is -0.388 e. The Morgan fingerprint density at radius 3 is 2.55 bits per heavy atom. The van der Waals surface area contributed by atoms with Gasteiger partial charge in [-0.2, -0.15) is 0 Å². The lowest BCUT2D eigenvalue weighted by Crippen LogP contribution is -2.14. The Balaban J connectivity index is 1.80. The minimum atomic E-state index is -0.555. The van der Waals surface area contributed by atoms with Gasteiger partial charge in [0.2, 0.25) is 0 Å². The number of carbonyl (C=O) groups excluding carboxylic acids is 1. The monoisotopic (exact) mass is 320 g/mol. The van der Waals surface area contributed by atoms with Gasteiger partial charge in [0.15, 0.2) is 5.78 Å². The fourth-order valence-corrected chi connectivity index (χ4v) is 2.71. The molecule has 1 fully saturated rings. The average molecular weight is 321 g/mol. The molecule has 0 atom stereocenters. The molecule has 6 heteroatoms. The number of hydrogen-bond acceptors (Lipinski definition) is 4. The van der Waals surface area contributed by atoms with Crippen LogP contribution in [0.2, 0.25) is 5.02 Å². The van der Waals surface area contributed by atoms with Crippen LogP contribution >= 0.6 is 11.6 Å². The van der Waals surface area contributed by atoms with E-state index < -0.39 is 18.2 Å². The fraction of sp³-hybridized carbons (Fsp3) is 0.312. The van der Waals surface area contributed by atoms with Crippen LogP contribution in [-0.4, -0.2) is 27.5 Å². The molecule has 0 unspecified atom stereocenters. The highest BCUT2D eigenvalue weighted by atomic mass is 35.5. The second-order valence-electron chi connectivity index (χ2n) is 5.56. The first-order valence-corrected chi connectivity index (χ1v) is 7.32. The number of Topliss-reactive ketones (excluding diaryl/α,β-unsaturated/α-hetero) is 1. The van der Waals surface area contributed by atoms with E-state index in [9.17, 15) is 9.18 Å². The number of rotatable bonds is 5. The van der Waals surface area contributed by atoms with E-state index >= 15 is 0 Å². The molecule has 114 valence electrons. The zero-order valence-corrected chi connectivity index (χ0v) is 12.5. The molecule has 1 aromatic heterocycles. The third kappa shape index (κ3) is 2.87. The smallest absolute Gasteiger partial charge is 0.191 e. The van der Waals surface area contributed by atoms with Crippen molar-refractivity contribution in [3.05, 3.63) is 58.4 Å². The zero-order chi connectivity index (χ0) is 15.7. The first-order valence-electron chi connectivity index (χ1n) is 6.95. The Morgan fingerprint density at radius 2 is 2.00 bits per heavy atom. The number of aromatic nitrogens is 2. The average Bonchev–Trinajstić information content (AvgIpc) is 3.30. The second kappa shape index (κ2) is 5.74. The van der Waals surface area contributed by atoms with Crippen molar-refractivity contribution in [3.63, 3.8) is 0 Å². The van der Waals surface area contributed by atoms with E-state index in [0.717, 1.165) is 18.4 Å². The lowest BCUT2D eigenvalue weighted by molar-refractivity contribution is 0.0903. The summed E-state index contributed by atoms with van der Waals surface area (Å²) in [5, 5.41) is 8.92. The van der Waals surface area contributed by atoms with Crippen molar-refractivity contribution in [2.75, 3.05) is 6.61 Å². The molecule has 1 N–H and O–H groups in total. The van der Waals surface area contributed by atoms with Crippen LogP contribution in [0.3, 0.4) is 0 Å². The third-order valence-corrected chi connectivity index (χ3v) is 4.34. The molecule has 1 aromatic carbocycles. The molecular weight excluding hydrogens is 307 g/mol. The number of aliphatic hydroxyl groups is 1. The summed E-state index contributed by atoms with van der Waals surface area (Å²) >= 11 is 5.85. The summed E-state index contributed by atoms with van der Waals surface area (Å²) in [6.07, 6.45) is 5.40. The molecule has 22 heavy (non-hydrogen) atoms. The molecule has 0 amide bonds. The van der Waals surface area contributed by atoms with Crippen LogP contribution in [0.1, 0.15) is 34.6 Å². The van der Waals surface area contributed by atoms with Gasteiger partial charge in [-0.25, -0.2) is 14.4 Å². The van der Waals surface area contributed by atoms with Crippen LogP contribution in [0.15, 0.2) is 30.6 Å². The summed E-state index contributed by atoms with van der Waals surface area (Å²) in [5.41, 5.74) is 1.18. The van der Waals surface area contributed by atoms with Crippen molar-refractivity contribution >= 4 is 17.4 Å². The normalized spacial score (nSPS) is 15.6. The lowest BCUT2D eigenvalue weighted by Gasteiger charge is -2.15. The van der Waals surface area contributed by atoms with Crippen molar-refractivity contribution < 1.29 is 14.3 Å². The Hall–Kier alpha value is -1.85. The van der Waals surface area contributed by atoms with E-state index in [1.165, 1.54) is 18.5 Å². The number of benzene rings is 1. The SMILES string of the molecule is O=C(CO)c1cnc(CC2(c3ccc(F)c(Cl)c3)CC2)nc1. The summed E-state index contributed by atoms with van der Waals surface area (Å²) in [4.78, 5) is 19.7. The van der Waals surface area contributed by atoms with Gasteiger partial charge in [0.1, 0.15) is 18.2 Å². The van der Waals surface area contributed by atoms with E-state index in [2.05, 4.69) is 9.97 Å². The predicted molar refractivity (Wildman–Crippen MR) is 79.5 cm³/mol. The van der Waals surface area contributed by atoms with Crippen LogP contribution in [0.5, 0.6) is 0 Å². The largest absolute Gasteiger partial charge is 0.388 e. The molecule has 0 spiro atoms. The van der Waals surface area contributed by atoms with E-state index in [-0.39, 0.29) is 10.4 Å². The van der Waals surface area contributed by atoms with Crippen molar-refractivity contribution in [2.24, 2.45) is 0 Å². The second-order valence-corrected chi connectivity index (χ2v) is 5.96. The van der Waals surface area contributed by atoms with Crippen LogP contribution < -0.4 is 0 Å². The van der Waals surface area contributed by atoms with Crippen LogP contribution in [0.25, 0.3) is 0 Å². The van der Waals surface area contributed by atoms with E-state index in [1.54, 1.807) is 12.1 Å². The molecule has 1 heterocycles. The van der Waals surface area contributed by atoms with Gasteiger partial charge in [-0.1, -0.05) is 17.7 Å². The number of nitrogens with zero attached hydrogens (tertiary/aromatic N) is 2. The highest BCUT2D eigenvalue weighted by molar-refractivity contribution is 6.30. The molecule has 2 aromatic rings. The van der Waals surface area contributed by atoms with Crippen LogP contribution in [0.4, 0.5) is 4.39 Å². The van der Waals surface area contributed by atoms with E-state index in [4.69, 9.17) is 16.7 Å². The molecule has 1 saturated carbocycles. The van der Waals surface area contributed by atoms with Gasteiger partial charge in [-0.3, -0.25) is 4.79 Å². The number of halogens is 2. The highest BCUT2D eigenvalue weighted by Crippen LogP contribution is 2.50. The molecule has 0 aliphatic heterocycles. The molecule has 1 aliphatic rings. The fourth-order valence-electron chi connectivity index (χ4n) is 2.53. The van der Waals surface area contributed by atoms with Gasteiger partial charge in [-0.15, -0.1) is 0 Å². The standard InChI is InChI=1S/C16H14ClFN2O2/c17-12-5-11(1-2-13(12)18)16(3-4-16)6-15-19-7-10(8-20-15)14(22)9-21/h1-2,5,7-8,21H,3-4,6,9H2. The van der Waals surface area contributed by atoms with Gasteiger partial charge in [0.05, 0.1) is 10.6 Å². The first-order chi connectivity index (χ1) is 10.5. The topological polar surface area (TPSA) is 63.1 Å². The van der Waals surface area contributed by atoms with Crippen molar-refractivity contribution in [3.8, 4) is 0 Å². The molecule has 0 radical (unpaired) electrons. The van der Waals surface area contributed by atoms with Crippen molar-refractivity contribution in [1.29, 1.82) is 0 Å². The summed E-state index contributed by atoms with van der Waals surface area (Å²) in [6.45, 7) is -0.555. The van der Waals surface area contributed by atoms with Crippen molar-refractivity contribution in [1.82, 2.24) is 9.97 Å². The summed E-state index contributed by atoms with van der Waals surface area (Å²) in [5.74, 6) is -0.213. The van der Waals surface area contributed by atoms with Gasteiger partial charge < -0.3 is 5.11 Å². The number of carbonyl (C=O) groups is 1. The summed E-state index contributed by atoms with van der Waals surface area (Å²) < 4.78 is 13.3. The number of aliphatic hydroxyl groups excluding tert-OH is 1. The van der Waals surface area contributed by atoms with Gasteiger partial charge >= 0.3 is 0 Å². The molecule has 1 aliphatic carbocycles. The Labute approximate surface area is 132 Å². The predicted octanol–water partition coefficient (Wildman–Crippen LogP) is 2.72. The molecular formula is C16H14ClFN2O2. The number of ketones is 1. The Bertz CT molecular complexity index is 715. The van der Waals surface area contributed by atoms with Gasteiger partial charge in [0, 0.05) is 24.2 Å². The van der Waals surface area contributed by atoms with Gasteiger partial charge in [-0.05, 0) is 30.5 Å². The third-order valence-electron chi connectivity index (χ3n) is 4.05. The first kappa shape index (κ1) is 15.1. The quantitative estimate of drug-likeness (QED) is 0.860. The summed E-state index contributed by atoms with van der Waals surface area (Å²) in [7, 11) is 0. The van der Waals surface area contributed by atoms with E-state index in [1.807, 2.05) is 0 Å². The Morgan fingerprint density at radius 1 is 1.32 bits per heavy atom. The molecule has 0 saturated heterocycles. The molecule has 4 nitrogen and oxygen atoms in total. The number of hydrogen-bond donors (Lipinski definition) is 1. The maximum atomic E-state index is 13.3. The zero-order valence-electron chi connectivity index (χ0n) is 11.7. The van der Waals surface area contributed by atoms with Gasteiger partial charge in [0.25, 0.3) is 0 Å².